The number of rotatable bonds is 6. The quantitative estimate of drug-likeness (QED) is 0.479. The Morgan fingerprint density at radius 3 is 1.17 bits per heavy atom. The van der Waals surface area contributed by atoms with Gasteiger partial charge in [-0.15, -0.1) is 0 Å². The molecule has 4 aromatic carbocycles. The lowest BCUT2D eigenvalue weighted by molar-refractivity contribution is 0.470. The summed E-state index contributed by atoms with van der Waals surface area (Å²) in [7, 11) is -2.41. The first kappa shape index (κ1) is 19.0. The highest BCUT2D eigenvalue weighted by Gasteiger charge is 2.38. The predicted octanol–water partition coefficient (Wildman–Crippen LogP) is 4.22. The summed E-state index contributed by atoms with van der Waals surface area (Å²) in [5.74, 6) is 0.655. The van der Waals surface area contributed by atoms with Crippen molar-refractivity contribution in [3.8, 4) is 11.5 Å². The van der Waals surface area contributed by atoms with Crippen molar-refractivity contribution in [2.45, 2.75) is 12.1 Å². The number of hydrogen-bond acceptors (Lipinski definition) is 2. The van der Waals surface area contributed by atoms with Crippen LogP contribution in [0.25, 0.3) is 0 Å². The molecule has 0 unspecified atom stereocenters. The highest BCUT2D eigenvalue weighted by atomic mass is 28.3. The fourth-order valence-corrected chi connectivity index (χ4v) is 8.96. The SMILES string of the molecule is Oc1ccccc1C[Si](Cc1ccccc1O)(c1ccccc1)c1ccccc1. The van der Waals surface area contributed by atoms with Crippen molar-refractivity contribution < 1.29 is 10.2 Å². The maximum Gasteiger partial charge on any atom is 0.126 e. The van der Waals surface area contributed by atoms with Crippen LogP contribution < -0.4 is 10.4 Å². The Hall–Kier alpha value is -3.30. The Morgan fingerprint density at radius 2 is 0.793 bits per heavy atom. The first-order chi connectivity index (χ1) is 14.2. The summed E-state index contributed by atoms with van der Waals surface area (Å²) in [6, 6.07) is 37.9. The first-order valence-corrected chi connectivity index (χ1v) is 12.3. The van der Waals surface area contributed by atoms with Crippen LogP contribution in [0.4, 0.5) is 0 Å². The zero-order valence-electron chi connectivity index (χ0n) is 16.2. The van der Waals surface area contributed by atoms with E-state index in [0.29, 0.717) is 11.5 Å². The second-order valence-corrected chi connectivity index (χ2v) is 11.5. The Morgan fingerprint density at radius 1 is 0.448 bits per heavy atom. The van der Waals surface area contributed by atoms with Gasteiger partial charge < -0.3 is 10.2 Å². The molecule has 0 radical (unpaired) electrons. The van der Waals surface area contributed by atoms with E-state index in [4.69, 9.17) is 0 Å². The van der Waals surface area contributed by atoms with Gasteiger partial charge in [-0.05, 0) is 35.3 Å². The molecule has 0 spiro atoms. The fraction of sp³-hybridized carbons (Fsp3) is 0.0769. The molecule has 0 aliphatic rings. The van der Waals surface area contributed by atoms with Gasteiger partial charge in [-0.1, -0.05) is 107 Å². The minimum Gasteiger partial charge on any atom is -0.508 e. The summed E-state index contributed by atoms with van der Waals surface area (Å²) < 4.78 is 0. The van der Waals surface area contributed by atoms with E-state index < -0.39 is 8.07 Å². The van der Waals surface area contributed by atoms with E-state index in [1.807, 2.05) is 48.5 Å². The Labute approximate surface area is 172 Å². The molecule has 4 rings (SSSR count). The molecule has 0 saturated carbocycles. The maximum absolute atomic E-state index is 10.6. The van der Waals surface area contributed by atoms with Crippen LogP contribution in [0, 0.1) is 0 Å². The van der Waals surface area contributed by atoms with E-state index in [9.17, 15) is 10.2 Å². The van der Waals surface area contributed by atoms with Crippen molar-refractivity contribution in [1.29, 1.82) is 0 Å². The van der Waals surface area contributed by atoms with Gasteiger partial charge in [-0.3, -0.25) is 0 Å². The summed E-state index contributed by atoms with van der Waals surface area (Å²) in [4.78, 5) is 0. The van der Waals surface area contributed by atoms with Crippen molar-refractivity contribution in [3.63, 3.8) is 0 Å². The van der Waals surface area contributed by atoms with Gasteiger partial charge in [0.15, 0.2) is 0 Å². The van der Waals surface area contributed by atoms with Crippen LogP contribution in [0.5, 0.6) is 11.5 Å². The average Bonchev–Trinajstić information content (AvgIpc) is 2.77. The van der Waals surface area contributed by atoms with Gasteiger partial charge in [0, 0.05) is 0 Å². The molecule has 0 aliphatic heterocycles. The molecule has 0 bridgehead atoms. The molecular weight excluding hydrogens is 372 g/mol. The lowest BCUT2D eigenvalue weighted by atomic mass is 10.2. The summed E-state index contributed by atoms with van der Waals surface area (Å²) >= 11 is 0. The molecule has 2 nitrogen and oxygen atoms in total. The van der Waals surface area contributed by atoms with Crippen molar-refractivity contribution in [2.75, 3.05) is 0 Å². The number of benzene rings is 4. The third-order valence-electron chi connectivity index (χ3n) is 5.62. The van der Waals surface area contributed by atoms with E-state index in [0.717, 1.165) is 23.2 Å². The Kier molecular flexibility index (Phi) is 5.50. The van der Waals surface area contributed by atoms with Crippen LogP contribution in [0.1, 0.15) is 11.1 Å². The molecule has 3 heteroatoms. The van der Waals surface area contributed by atoms with Crippen LogP contribution in [-0.2, 0) is 12.1 Å². The van der Waals surface area contributed by atoms with Crippen LogP contribution >= 0.6 is 0 Å². The topological polar surface area (TPSA) is 40.5 Å². The van der Waals surface area contributed by atoms with Crippen molar-refractivity contribution in [2.24, 2.45) is 0 Å². The Balaban J connectivity index is 1.94. The molecule has 144 valence electrons. The molecular formula is C26H24O2Si. The predicted molar refractivity (Wildman–Crippen MR) is 122 cm³/mol. The molecule has 0 aliphatic carbocycles. The number of phenolic OH excluding ortho intramolecular Hbond substituents is 2. The van der Waals surface area contributed by atoms with E-state index in [2.05, 4.69) is 48.5 Å². The molecule has 2 N–H and O–H groups in total. The zero-order valence-corrected chi connectivity index (χ0v) is 17.2. The molecule has 0 aromatic heterocycles. The zero-order chi connectivity index (χ0) is 20.1. The van der Waals surface area contributed by atoms with Gasteiger partial charge >= 0.3 is 0 Å². The highest BCUT2D eigenvalue weighted by molar-refractivity contribution is 7.01. The number of hydrogen-bond donors (Lipinski definition) is 2. The molecule has 4 aromatic rings. The summed E-state index contributed by atoms with van der Waals surface area (Å²) in [6.07, 6.45) is 0. The lowest BCUT2D eigenvalue weighted by Crippen LogP contribution is -2.62. The third kappa shape index (κ3) is 3.96. The van der Waals surface area contributed by atoms with Crippen LogP contribution in [-0.4, -0.2) is 18.3 Å². The first-order valence-electron chi connectivity index (χ1n) is 9.84. The second-order valence-electron chi connectivity index (χ2n) is 7.43. The largest absolute Gasteiger partial charge is 0.508 e. The van der Waals surface area contributed by atoms with Gasteiger partial charge in [0.05, 0.1) is 0 Å². The van der Waals surface area contributed by atoms with E-state index in [1.165, 1.54) is 10.4 Å². The minimum atomic E-state index is -2.41. The van der Waals surface area contributed by atoms with Gasteiger partial charge in [0.2, 0.25) is 0 Å². The summed E-state index contributed by atoms with van der Waals surface area (Å²) in [5.41, 5.74) is 1.89. The summed E-state index contributed by atoms with van der Waals surface area (Å²) in [6.45, 7) is 0. The standard InChI is InChI=1S/C26H24O2Si/c27-25-17-9-7-11-21(25)19-29(23-13-3-1-4-14-23,24-15-5-2-6-16-24)20-22-12-8-10-18-26(22)28/h1-18,27-28H,19-20H2. The van der Waals surface area contributed by atoms with Gasteiger partial charge in [0.25, 0.3) is 0 Å². The fourth-order valence-electron chi connectivity index (χ4n) is 4.12. The van der Waals surface area contributed by atoms with Gasteiger partial charge in [-0.2, -0.15) is 0 Å². The number of aromatic hydroxyl groups is 2. The smallest absolute Gasteiger partial charge is 0.126 e. The molecule has 0 fully saturated rings. The second kappa shape index (κ2) is 8.37. The Bertz CT molecular complexity index is 989. The highest BCUT2D eigenvalue weighted by Crippen LogP contribution is 2.27. The number of para-hydroxylation sites is 2. The molecule has 0 heterocycles. The molecule has 29 heavy (non-hydrogen) atoms. The van der Waals surface area contributed by atoms with E-state index in [-0.39, 0.29) is 0 Å². The average molecular weight is 397 g/mol. The normalized spacial score (nSPS) is 11.3. The third-order valence-corrected chi connectivity index (χ3v) is 10.5. The number of phenols is 2. The van der Waals surface area contributed by atoms with Crippen molar-refractivity contribution in [3.05, 3.63) is 120 Å². The lowest BCUT2D eigenvalue weighted by Gasteiger charge is -2.34. The van der Waals surface area contributed by atoms with Crippen molar-refractivity contribution >= 4 is 18.4 Å². The van der Waals surface area contributed by atoms with Gasteiger partial charge in [-0.25, -0.2) is 0 Å². The minimum absolute atomic E-state index is 0.327. The van der Waals surface area contributed by atoms with E-state index >= 15 is 0 Å². The van der Waals surface area contributed by atoms with Gasteiger partial charge in [0.1, 0.15) is 19.6 Å². The van der Waals surface area contributed by atoms with E-state index in [1.54, 1.807) is 12.1 Å². The maximum atomic E-state index is 10.6. The van der Waals surface area contributed by atoms with Crippen LogP contribution in [0.2, 0.25) is 0 Å². The molecule has 0 saturated heterocycles. The summed E-state index contributed by atoms with van der Waals surface area (Å²) in [5, 5.41) is 23.7. The van der Waals surface area contributed by atoms with Crippen LogP contribution in [0.3, 0.4) is 0 Å². The molecule has 0 amide bonds. The van der Waals surface area contributed by atoms with Crippen molar-refractivity contribution in [1.82, 2.24) is 0 Å². The molecule has 0 atom stereocenters. The monoisotopic (exact) mass is 396 g/mol. The van der Waals surface area contributed by atoms with Crippen LogP contribution in [0.15, 0.2) is 109 Å².